The lowest BCUT2D eigenvalue weighted by Gasteiger charge is -2.29. The Kier molecular flexibility index (Phi) is 5.14. The van der Waals surface area contributed by atoms with E-state index in [0.29, 0.717) is 42.7 Å². The van der Waals surface area contributed by atoms with Gasteiger partial charge in [-0.25, -0.2) is 0 Å². The number of benzene rings is 2. The Hall–Kier alpha value is -2.66. The summed E-state index contributed by atoms with van der Waals surface area (Å²) < 4.78 is 0. The number of piperidine rings is 1. The number of carbonyl (C=O) groups excluding carboxylic acids is 2. The summed E-state index contributed by atoms with van der Waals surface area (Å²) in [5.74, 6) is -0.274. The van der Waals surface area contributed by atoms with E-state index >= 15 is 0 Å². The highest BCUT2D eigenvalue weighted by molar-refractivity contribution is 6.05. The number of nitrogens with zero attached hydrogens (tertiary/aromatic N) is 1. The first-order valence-electron chi connectivity index (χ1n) is 8.48. The smallest absolute Gasteiger partial charge is 0.255 e. The quantitative estimate of drug-likeness (QED) is 0.904. The van der Waals surface area contributed by atoms with Gasteiger partial charge in [0.05, 0.1) is 6.10 Å². The van der Waals surface area contributed by atoms with Crippen molar-refractivity contribution in [3.63, 3.8) is 0 Å². The highest BCUT2D eigenvalue weighted by Crippen LogP contribution is 2.17. The average molecular weight is 338 g/mol. The van der Waals surface area contributed by atoms with E-state index < -0.39 is 0 Å². The van der Waals surface area contributed by atoms with Crippen molar-refractivity contribution in [2.45, 2.75) is 25.9 Å². The van der Waals surface area contributed by atoms with Gasteiger partial charge in [-0.05, 0) is 50.1 Å². The molecule has 0 atom stereocenters. The number of aliphatic hydroxyl groups excluding tert-OH is 1. The minimum absolute atomic E-state index is 0.0710. The van der Waals surface area contributed by atoms with E-state index in [4.69, 9.17) is 0 Å². The lowest BCUT2D eigenvalue weighted by atomic mass is 10.1. The molecular weight excluding hydrogens is 316 g/mol. The number of aliphatic hydroxyl groups is 1. The lowest BCUT2D eigenvalue weighted by Crippen LogP contribution is -2.40. The molecule has 5 nitrogen and oxygen atoms in total. The predicted octanol–water partition coefficient (Wildman–Crippen LogP) is 2.84. The van der Waals surface area contributed by atoms with Crippen LogP contribution in [0.1, 0.15) is 39.1 Å². The van der Waals surface area contributed by atoms with Gasteiger partial charge in [0.25, 0.3) is 11.8 Å². The van der Waals surface area contributed by atoms with Crippen LogP contribution in [0.5, 0.6) is 0 Å². The Labute approximate surface area is 147 Å². The zero-order valence-electron chi connectivity index (χ0n) is 14.2. The molecule has 1 aliphatic rings. The van der Waals surface area contributed by atoms with Gasteiger partial charge in [-0.1, -0.05) is 23.8 Å². The van der Waals surface area contributed by atoms with Crippen LogP contribution in [0.25, 0.3) is 0 Å². The first-order valence-corrected chi connectivity index (χ1v) is 8.48. The normalized spacial score (nSPS) is 15.0. The van der Waals surface area contributed by atoms with E-state index in [0.717, 1.165) is 5.56 Å². The van der Waals surface area contributed by atoms with Gasteiger partial charge in [-0.2, -0.15) is 0 Å². The van der Waals surface area contributed by atoms with Gasteiger partial charge in [0.15, 0.2) is 0 Å². The number of nitrogens with one attached hydrogen (secondary N) is 1. The Morgan fingerprint density at radius 1 is 1.04 bits per heavy atom. The van der Waals surface area contributed by atoms with Crippen LogP contribution in [0.15, 0.2) is 48.5 Å². The summed E-state index contributed by atoms with van der Waals surface area (Å²) in [4.78, 5) is 26.6. The molecule has 5 heteroatoms. The SMILES string of the molecule is Cc1ccc(C(=O)Nc2cccc(C(=O)N3CCC(O)CC3)c2)cc1. The summed E-state index contributed by atoms with van der Waals surface area (Å²) in [6.45, 7) is 3.08. The van der Waals surface area contributed by atoms with Crippen molar-refractivity contribution in [1.82, 2.24) is 4.90 Å². The third-order valence-electron chi connectivity index (χ3n) is 4.43. The second-order valence-corrected chi connectivity index (χ2v) is 6.42. The molecule has 0 saturated carbocycles. The van der Waals surface area contributed by atoms with Crippen LogP contribution in [0.4, 0.5) is 5.69 Å². The maximum Gasteiger partial charge on any atom is 0.255 e. The van der Waals surface area contributed by atoms with Gasteiger partial charge in [-0.15, -0.1) is 0 Å². The van der Waals surface area contributed by atoms with Crippen molar-refractivity contribution in [1.29, 1.82) is 0 Å². The van der Waals surface area contributed by atoms with Crippen LogP contribution in [-0.2, 0) is 0 Å². The molecule has 2 amide bonds. The van der Waals surface area contributed by atoms with Crippen LogP contribution < -0.4 is 5.32 Å². The molecule has 2 aromatic carbocycles. The van der Waals surface area contributed by atoms with Crippen molar-refractivity contribution in [3.8, 4) is 0 Å². The number of likely N-dealkylation sites (tertiary alicyclic amines) is 1. The number of rotatable bonds is 3. The van der Waals surface area contributed by atoms with Gasteiger partial charge in [0, 0.05) is 29.9 Å². The number of amides is 2. The topological polar surface area (TPSA) is 69.6 Å². The number of anilines is 1. The van der Waals surface area contributed by atoms with Crippen LogP contribution in [0, 0.1) is 6.92 Å². The van der Waals surface area contributed by atoms with Crippen molar-refractivity contribution < 1.29 is 14.7 Å². The molecule has 2 aromatic rings. The van der Waals surface area contributed by atoms with Crippen molar-refractivity contribution in [2.24, 2.45) is 0 Å². The maximum atomic E-state index is 12.6. The molecule has 1 heterocycles. The van der Waals surface area contributed by atoms with E-state index in [9.17, 15) is 14.7 Å². The fourth-order valence-electron chi connectivity index (χ4n) is 2.89. The van der Waals surface area contributed by atoms with E-state index in [1.807, 2.05) is 19.1 Å². The molecule has 0 unspecified atom stereocenters. The second-order valence-electron chi connectivity index (χ2n) is 6.42. The first-order chi connectivity index (χ1) is 12.0. The fourth-order valence-corrected chi connectivity index (χ4v) is 2.89. The third-order valence-corrected chi connectivity index (χ3v) is 4.43. The highest BCUT2D eigenvalue weighted by Gasteiger charge is 2.22. The molecule has 0 bridgehead atoms. The van der Waals surface area contributed by atoms with E-state index in [2.05, 4.69) is 5.32 Å². The maximum absolute atomic E-state index is 12.6. The van der Waals surface area contributed by atoms with Crippen LogP contribution in [0.3, 0.4) is 0 Å². The molecule has 1 aliphatic heterocycles. The van der Waals surface area contributed by atoms with Crippen LogP contribution in [-0.4, -0.2) is 41.0 Å². The zero-order chi connectivity index (χ0) is 17.8. The molecule has 3 rings (SSSR count). The minimum Gasteiger partial charge on any atom is -0.393 e. The summed E-state index contributed by atoms with van der Waals surface area (Å²) in [5, 5.41) is 12.4. The lowest BCUT2D eigenvalue weighted by molar-refractivity contribution is 0.0546. The molecule has 25 heavy (non-hydrogen) atoms. The molecule has 130 valence electrons. The largest absolute Gasteiger partial charge is 0.393 e. The third kappa shape index (κ3) is 4.25. The van der Waals surface area contributed by atoms with Crippen molar-refractivity contribution in [3.05, 3.63) is 65.2 Å². The Bertz CT molecular complexity index is 763. The molecule has 2 N–H and O–H groups in total. The summed E-state index contributed by atoms with van der Waals surface area (Å²) in [6.07, 6.45) is 0.898. The number of hydrogen-bond acceptors (Lipinski definition) is 3. The molecule has 0 spiro atoms. The van der Waals surface area contributed by atoms with E-state index in [1.165, 1.54) is 0 Å². The highest BCUT2D eigenvalue weighted by atomic mass is 16.3. The summed E-state index contributed by atoms with van der Waals surface area (Å²) in [7, 11) is 0. The minimum atomic E-state index is -0.316. The Morgan fingerprint density at radius 3 is 2.40 bits per heavy atom. The number of aryl methyl sites for hydroxylation is 1. The standard InChI is InChI=1S/C20H22N2O3/c1-14-5-7-15(8-6-14)19(24)21-17-4-2-3-16(13-17)20(25)22-11-9-18(23)10-12-22/h2-8,13,18,23H,9-12H2,1H3,(H,21,24). The van der Waals surface area contributed by atoms with Gasteiger partial charge in [0.1, 0.15) is 0 Å². The van der Waals surface area contributed by atoms with Gasteiger partial charge >= 0.3 is 0 Å². The summed E-state index contributed by atoms with van der Waals surface area (Å²) >= 11 is 0. The summed E-state index contributed by atoms with van der Waals surface area (Å²) in [6, 6.07) is 14.3. The Balaban J connectivity index is 1.69. The predicted molar refractivity (Wildman–Crippen MR) is 96.7 cm³/mol. The molecular formula is C20H22N2O3. The van der Waals surface area contributed by atoms with E-state index in [1.54, 1.807) is 41.3 Å². The molecule has 1 saturated heterocycles. The van der Waals surface area contributed by atoms with E-state index in [-0.39, 0.29) is 17.9 Å². The van der Waals surface area contributed by atoms with Gasteiger partial charge in [0.2, 0.25) is 0 Å². The van der Waals surface area contributed by atoms with Gasteiger partial charge in [-0.3, -0.25) is 9.59 Å². The molecule has 0 aliphatic carbocycles. The first kappa shape index (κ1) is 17.2. The second kappa shape index (κ2) is 7.49. The summed E-state index contributed by atoms with van der Waals surface area (Å²) in [5.41, 5.74) is 2.80. The average Bonchev–Trinajstić information content (AvgIpc) is 2.62. The van der Waals surface area contributed by atoms with Crippen LogP contribution >= 0.6 is 0 Å². The molecule has 1 fully saturated rings. The molecule has 0 radical (unpaired) electrons. The fraction of sp³-hybridized carbons (Fsp3) is 0.300. The molecule has 0 aromatic heterocycles. The van der Waals surface area contributed by atoms with Crippen molar-refractivity contribution >= 4 is 17.5 Å². The van der Waals surface area contributed by atoms with Crippen LogP contribution in [0.2, 0.25) is 0 Å². The number of carbonyl (C=O) groups is 2. The van der Waals surface area contributed by atoms with Gasteiger partial charge < -0.3 is 15.3 Å². The Morgan fingerprint density at radius 2 is 1.72 bits per heavy atom. The zero-order valence-corrected chi connectivity index (χ0v) is 14.2. The monoisotopic (exact) mass is 338 g/mol. The number of hydrogen-bond donors (Lipinski definition) is 2. The van der Waals surface area contributed by atoms with Crippen molar-refractivity contribution in [2.75, 3.05) is 18.4 Å².